The molecule has 3 saturated carbocycles. The third kappa shape index (κ3) is 5.47. The van der Waals surface area contributed by atoms with Crippen molar-refractivity contribution in [3.8, 4) is 0 Å². The van der Waals surface area contributed by atoms with Crippen molar-refractivity contribution in [3.63, 3.8) is 0 Å². The first-order valence-corrected chi connectivity index (χ1v) is 14.8. The van der Waals surface area contributed by atoms with E-state index in [9.17, 15) is 19.2 Å². The van der Waals surface area contributed by atoms with Crippen LogP contribution in [0.25, 0.3) is 0 Å². The molecule has 6 nitrogen and oxygen atoms in total. The predicted octanol–water partition coefficient (Wildman–Crippen LogP) is 5.51. The number of hydrogen-bond acceptors (Lipinski definition) is 4. The Morgan fingerprint density at radius 1 is 0.639 bits per heavy atom. The van der Waals surface area contributed by atoms with Crippen LogP contribution in [0.4, 0.5) is 0 Å². The second kappa shape index (κ2) is 13.0. The Labute approximate surface area is 218 Å². The Morgan fingerprint density at radius 2 is 1.00 bits per heavy atom. The van der Waals surface area contributed by atoms with Gasteiger partial charge in [-0.15, -0.1) is 0 Å². The Kier molecular flexibility index (Phi) is 10.3. The van der Waals surface area contributed by atoms with Gasteiger partial charge in [0.1, 0.15) is 0 Å². The maximum absolute atomic E-state index is 12.2. The van der Waals surface area contributed by atoms with Crippen molar-refractivity contribution >= 4 is 23.6 Å². The molecular weight excluding hydrogens is 452 g/mol. The number of rotatable bonds is 2. The van der Waals surface area contributed by atoms with E-state index in [1.807, 2.05) is 39.8 Å². The van der Waals surface area contributed by atoms with Crippen LogP contribution in [0, 0.1) is 47.3 Å². The monoisotopic (exact) mass is 500 g/mol. The lowest BCUT2D eigenvalue weighted by Gasteiger charge is -2.44. The van der Waals surface area contributed by atoms with Gasteiger partial charge in [-0.3, -0.25) is 29.4 Å². The molecule has 0 aromatic rings. The molecule has 2 aliphatic heterocycles. The van der Waals surface area contributed by atoms with Crippen molar-refractivity contribution in [2.45, 2.75) is 98.3 Å². The molecule has 202 valence electrons. The first-order chi connectivity index (χ1) is 17.5. The summed E-state index contributed by atoms with van der Waals surface area (Å²) >= 11 is 0. The zero-order chi connectivity index (χ0) is 26.4. The van der Waals surface area contributed by atoms with Crippen LogP contribution in [0.3, 0.4) is 0 Å². The number of carbonyl (C=O) groups is 4. The van der Waals surface area contributed by atoms with E-state index in [2.05, 4.69) is 5.32 Å². The molecule has 6 heteroatoms. The summed E-state index contributed by atoms with van der Waals surface area (Å²) in [6.07, 6.45) is 20.6. The van der Waals surface area contributed by atoms with Gasteiger partial charge in [-0.1, -0.05) is 104 Å². The van der Waals surface area contributed by atoms with E-state index < -0.39 is 23.7 Å². The molecule has 7 aliphatic rings. The third-order valence-electron chi connectivity index (χ3n) is 9.19. The van der Waals surface area contributed by atoms with Crippen molar-refractivity contribution in [3.05, 3.63) is 12.2 Å². The van der Waals surface area contributed by atoms with Gasteiger partial charge in [0.25, 0.3) is 0 Å². The summed E-state index contributed by atoms with van der Waals surface area (Å²) in [6.45, 7) is 8.00. The molecule has 0 spiro atoms. The van der Waals surface area contributed by atoms with Crippen LogP contribution in [-0.2, 0) is 19.2 Å². The van der Waals surface area contributed by atoms with Crippen molar-refractivity contribution in [2.24, 2.45) is 47.3 Å². The largest absolute Gasteiger partial charge is 0.296 e. The Hall–Kier alpha value is -1.98. The molecular formula is C30H48N2O4. The van der Waals surface area contributed by atoms with Gasteiger partial charge in [0.05, 0.1) is 23.7 Å². The van der Waals surface area contributed by atoms with Gasteiger partial charge in [0, 0.05) is 18.9 Å². The van der Waals surface area contributed by atoms with Gasteiger partial charge in [0.2, 0.25) is 23.6 Å². The minimum absolute atomic E-state index is 0.222. The fourth-order valence-electron chi connectivity index (χ4n) is 7.61. The number of nitrogens with one attached hydrogen (secondary N) is 1. The molecule has 0 radical (unpaired) electrons. The molecule has 1 N–H and O–H groups in total. The first-order valence-electron chi connectivity index (χ1n) is 14.8. The standard InChI is InChI=1S/C13H12N2O4.C13H24.2C2H6/c1-15-12(18)8-4-2-3-5(9(8)13(15)19)7-6(4)10(16)14-11(7)17;1-3-7-12(8-4-1)11-13-9-5-2-6-10-13;2*1-2/h2-9H,1H3,(H,14,16,17);12-13H,1-11H2;2*1-2H3. The Balaban J connectivity index is 0.000000186. The van der Waals surface area contributed by atoms with E-state index >= 15 is 0 Å². The summed E-state index contributed by atoms with van der Waals surface area (Å²) < 4.78 is 0. The number of amides is 4. The Bertz CT molecular complexity index is 761. The minimum Gasteiger partial charge on any atom is -0.296 e. The van der Waals surface area contributed by atoms with Crippen molar-refractivity contribution in [2.75, 3.05) is 7.05 Å². The van der Waals surface area contributed by atoms with Crippen molar-refractivity contribution in [1.82, 2.24) is 10.2 Å². The van der Waals surface area contributed by atoms with Gasteiger partial charge >= 0.3 is 0 Å². The smallest absolute Gasteiger partial charge is 0.233 e. The molecule has 6 atom stereocenters. The topological polar surface area (TPSA) is 83.6 Å². The van der Waals surface area contributed by atoms with Gasteiger partial charge in [0.15, 0.2) is 0 Å². The van der Waals surface area contributed by atoms with Crippen molar-refractivity contribution < 1.29 is 19.2 Å². The molecule has 2 bridgehead atoms. The van der Waals surface area contributed by atoms with Gasteiger partial charge in [-0.25, -0.2) is 0 Å². The van der Waals surface area contributed by atoms with E-state index in [0.717, 1.165) is 16.7 Å². The first kappa shape index (κ1) is 28.6. The molecule has 4 amide bonds. The quantitative estimate of drug-likeness (QED) is 0.400. The number of hydrogen-bond donors (Lipinski definition) is 1. The van der Waals surface area contributed by atoms with Gasteiger partial charge in [-0.05, 0) is 18.3 Å². The zero-order valence-electron chi connectivity index (χ0n) is 23.1. The maximum Gasteiger partial charge on any atom is 0.233 e. The molecule has 5 aliphatic carbocycles. The summed E-state index contributed by atoms with van der Waals surface area (Å²) in [5.74, 6) is -1.35. The molecule has 0 aromatic carbocycles. The number of nitrogens with zero attached hydrogens (tertiary/aromatic N) is 1. The van der Waals surface area contributed by atoms with Crippen LogP contribution in [0.1, 0.15) is 98.3 Å². The van der Waals surface area contributed by atoms with Crippen LogP contribution in [-0.4, -0.2) is 35.6 Å². The van der Waals surface area contributed by atoms with Crippen LogP contribution in [0.15, 0.2) is 12.2 Å². The van der Waals surface area contributed by atoms with Crippen molar-refractivity contribution in [1.29, 1.82) is 0 Å². The minimum atomic E-state index is -0.480. The number of allylic oxidation sites excluding steroid dienone is 2. The molecule has 6 unspecified atom stereocenters. The van der Waals surface area contributed by atoms with Gasteiger partial charge < -0.3 is 0 Å². The van der Waals surface area contributed by atoms with Crippen LogP contribution in [0.5, 0.6) is 0 Å². The number of imide groups is 2. The SMILES string of the molecule is C1CCC(CC2CCCCC2)CC1.CC.CC.CN1C(=O)C2C3C=CC(C4C(=O)NC(=O)C34)C2C1=O. The third-order valence-corrected chi connectivity index (χ3v) is 9.19. The molecule has 7 rings (SSSR count). The molecule has 2 saturated heterocycles. The molecule has 36 heavy (non-hydrogen) atoms. The highest BCUT2D eigenvalue weighted by Crippen LogP contribution is 2.56. The summed E-state index contributed by atoms with van der Waals surface area (Å²) in [6, 6.07) is 0. The fraction of sp³-hybridized carbons (Fsp3) is 0.800. The van der Waals surface area contributed by atoms with Crippen LogP contribution in [0.2, 0.25) is 0 Å². The second-order valence-electron chi connectivity index (χ2n) is 11.0. The van der Waals surface area contributed by atoms with E-state index in [0.29, 0.717) is 0 Å². The fourth-order valence-corrected chi connectivity index (χ4v) is 7.61. The highest BCUT2D eigenvalue weighted by atomic mass is 16.2. The highest BCUT2D eigenvalue weighted by Gasteiger charge is 2.66. The summed E-state index contributed by atoms with van der Waals surface area (Å²) in [5, 5.41) is 2.34. The lowest BCUT2D eigenvalue weighted by molar-refractivity contribution is -0.138. The molecule has 5 fully saturated rings. The highest BCUT2D eigenvalue weighted by molar-refractivity contribution is 6.10. The summed E-state index contributed by atoms with van der Waals surface area (Å²) in [5.41, 5.74) is 0. The van der Waals surface area contributed by atoms with E-state index in [-0.39, 0.29) is 35.5 Å². The normalized spacial score (nSPS) is 35.0. The van der Waals surface area contributed by atoms with Crippen LogP contribution >= 0.6 is 0 Å². The zero-order valence-corrected chi connectivity index (χ0v) is 23.1. The average molecular weight is 501 g/mol. The average Bonchev–Trinajstić information content (AvgIpc) is 3.38. The van der Waals surface area contributed by atoms with E-state index in [4.69, 9.17) is 0 Å². The maximum atomic E-state index is 12.2. The molecule has 0 aromatic heterocycles. The second-order valence-corrected chi connectivity index (χ2v) is 11.0. The van der Waals surface area contributed by atoms with Gasteiger partial charge in [-0.2, -0.15) is 0 Å². The lowest BCUT2D eigenvalue weighted by Crippen LogP contribution is -2.50. The predicted molar refractivity (Wildman–Crippen MR) is 141 cm³/mol. The van der Waals surface area contributed by atoms with Crippen LogP contribution < -0.4 is 5.32 Å². The summed E-state index contributed by atoms with van der Waals surface area (Å²) in [7, 11) is 1.47. The van der Waals surface area contributed by atoms with E-state index in [1.54, 1.807) is 32.1 Å². The van der Waals surface area contributed by atoms with E-state index in [1.165, 1.54) is 45.6 Å². The molecule has 2 heterocycles. The number of likely N-dealkylation sites (tertiary alicyclic amines) is 1. The lowest BCUT2D eigenvalue weighted by atomic mass is 9.54. The summed E-state index contributed by atoms with van der Waals surface area (Å²) in [4.78, 5) is 49.3. The number of carbonyl (C=O) groups excluding carboxylic acids is 4. The Morgan fingerprint density at radius 3 is 1.36 bits per heavy atom.